The topological polar surface area (TPSA) is 38.1 Å². The van der Waals surface area contributed by atoms with Crippen LogP contribution in [0.25, 0.3) is 0 Å². The Morgan fingerprint density at radius 2 is 2.38 bits per heavy atom. The van der Waals surface area contributed by atoms with E-state index in [0.717, 1.165) is 22.3 Å². The molecule has 84 valence electrons. The van der Waals surface area contributed by atoms with Gasteiger partial charge in [-0.15, -0.1) is 0 Å². The van der Waals surface area contributed by atoms with Crippen molar-refractivity contribution in [3.05, 3.63) is 47.1 Å². The molecule has 1 atom stereocenters. The predicted octanol–water partition coefficient (Wildman–Crippen LogP) is 3.48. The van der Waals surface area contributed by atoms with E-state index in [1.807, 2.05) is 18.2 Å². The first-order chi connectivity index (χ1) is 7.75. The van der Waals surface area contributed by atoms with Gasteiger partial charge in [-0.25, -0.2) is 0 Å². The van der Waals surface area contributed by atoms with E-state index in [9.17, 15) is 0 Å². The standard InChI is InChI=1S/C12H13BrN2O/c1-9(7-10-3-2-6-16-10)15-12-4-5-14-8-11(12)13/h2-6,8-9H,7H2,1H3,(H,14,15). The molecule has 2 heterocycles. The molecule has 16 heavy (non-hydrogen) atoms. The van der Waals surface area contributed by atoms with Crippen molar-refractivity contribution < 1.29 is 4.42 Å². The fourth-order valence-electron chi connectivity index (χ4n) is 1.54. The highest BCUT2D eigenvalue weighted by atomic mass is 79.9. The molecule has 0 saturated heterocycles. The van der Waals surface area contributed by atoms with Gasteiger partial charge in [0, 0.05) is 24.9 Å². The van der Waals surface area contributed by atoms with Crippen molar-refractivity contribution in [3.8, 4) is 0 Å². The number of pyridine rings is 1. The van der Waals surface area contributed by atoms with Crippen LogP contribution in [0.2, 0.25) is 0 Å². The van der Waals surface area contributed by atoms with Gasteiger partial charge >= 0.3 is 0 Å². The number of anilines is 1. The number of nitrogens with one attached hydrogen (secondary N) is 1. The molecule has 0 bridgehead atoms. The van der Waals surface area contributed by atoms with Crippen LogP contribution >= 0.6 is 15.9 Å². The fourth-order valence-corrected chi connectivity index (χ4v) is 1.90. The van der Waals surface area contributed by atoms with Crippen LogP contribution in [0.5, 0.6) is 0 Å². The molecule has 0 fully saturated rings. The minimum Gasteiger partial charge on any atom is -0.469 e. The van der Waals surface area contributed by atoms with Gasteiger partial charge < -0.3 is 9.73 Å². The molecule has 2 aromatic rings. The van der Waals surface area contributed by atoms with Crippen LogP contribution in [0.15, 0.2) is 45.7 Å². The molecule has 0 amide bonds. The molecular formula is C12H13BrN2O. The molecule has 0 aliphatic carbocycles. The smallest absolute Gasteiger partial charge is 0.105 e. The van der Waals surface area contributed by atoms with E-state index in [1.165, 1.54) is 0 Å². The van der Waals surface area contributed by atoms with Crippen molar-refractivity contribution in [1.29, 1.82) is 0 Å². The van der Waals surface area contributed by atoms with Gasteiger partial charge in [-0.05, 0) is 41.1 Å². The Labute approximate surface area is 103 Å². The van der Waals surface area contributed by atoms with Crippen molar-refractivity contribution in [1.82, 2.24) is 4.98 Å². The molecule has 0 aliphatic rings. The maximum atomic E-state index is 5.31. The number of nitrogens with zero attached hydrogens (tertiary/aromatic N) is 1. The van der Waals surface area contributed by atoms with Gasteiger partial charge in [0.2, 0.25) is 0 Å². The molecule has 1 unspecified atom stereocenters. The molecule has 1 N–H and O–H groups in total. The number of aromatic nitrogens is 1. The third kappa shape index (κ3) is 2.85. The van der Waals surface area contributed by atoms with Gasteiger partial charge in [-0.3, -0.25) is 4.98 Å². The first-order valence-corrected chi connectivity index (χ1v) is 5.93. The summed E-state index contributed by atoms with van der Waals surface area (Å²) < 4.78 is 6.28. The van der Waals surface area contributed by atoms with Gasteiger partial charge in [0.1, 0.15) is 5.76 Å². The molecule has 2 aromatic heterocycles. The highest BCUT2D eigenvalue weighted by Gasteiger charge is 2.07. The van der Waals surface area contributed by atoms with Crippen LogP contribution in [-0.2, 0) is 6.42 Å². The second kappa shape index (κ2) is 5.16. The SMILES string of the molecule is CC(Cc1ccco1)Nc1ccncc1Br. The number of halogens is 1. The Bertz CT molecular complexity index is 442. The maximum Gasteiger partial charge on any atom is 0.105 e. The largest absolute Gasteiger partial charge is 0.469 e. The Kier molecular flexibility index (Phi) is 3.62. The summed E-state index contributed by atoms with van der Waals surface area (Å²) in [6.45, 7) is 2.12. The first kappa shape index (κ1) is 11.2. The summed E-state index contributed by atoms with van der Waals surface area (Å²) in [5.41, 5.74) is 1.05. The Morgan fingerprint density at radius 1 is 1.50 bits per heavy atom. The van der Waals surface area contributed by atoms with Crippen molar-refractivity contribution in [2.24, 2.45) is 0 Å². The molecule has 0 spiro atoms. The lowest BCUT2D eigenvalue weighted by Crippen LogP contribution is -2.18. The van der Waals surface area contributed by atoms with E-state index < -0.39 is 0 Å². The Hall–Kier alpha value is -1.29. The summed E-state index contributed by atoms with van der Waals surface area (Å²) in [5, 5.41) is 3.40. The molecule has 4 heteroatoms. The van der Waals surface area contributed by atoms with Crippen LogP contribution < -0.4 is 5.32 Å². The molecule has 0 aromatic carbocycles. The number of furan rings is 1. The van der Waals surface area contributed by atoms with E-state index in [-0.39, 0.29) is 0 Å². The predicted molar refractivity (Wildman–Crippen MR) is 67.4 cm³/mol. The minimum atomic E-state index is 0.310. The molecule has 0 saturated carbocycles. The van der Waals surface area contributed by atoms with Crippen molar-refractivity contribution in [3.63, 3.8) is 0 Å². The summed E-state index contributed by atoms with van der Waals surface area (Å²) in [6, 6.07) is 6.15. The molecular weight excluding hydrogens is 268 g/mol. The van der Waals surface area contributed by atoms with Crippen LogP contribution in [-0.4, -0.2) is 11.0 Å². The Morgan fingerprint density at radius 3 is 3.06 bits per heavy atom. The fraction of sp³-hybridized carbons (Fsp3) is 0.250. The monoisotopic (exact) mass is 280 g/mol. The molecule has 0 aliphatic heterocycles. The zero-order valence-corrected chi connectivity index (χ0v) is 10.6. The molecule has 3 nitrogen and oxygen atoms in total. The highest BCUT2D eigenvalue weighted by molar-refractivity contribution is 9.10. The lowest BCUT2D eigenvalue weighted by molar-refractivity contribution is 0.498. The summed E-state index contributed by atoms with van der Waals surface area (Å²) >= 11 is 3.45. The maximum absolute atomic E-state index is 5.31. The van der Waals surface area contributed by atoms with E-state index in [2.05, 4.69) is 33.2 Å². The van der Waals surface area contributed by atoms with Crippen molar-refractivity contribution in [2.45, 2.75) is 19.4 Å². The number of hydrogen-bond donors (Lipinski definition) is 1. The second-order valence-electron chi connectivity index (χ2n) is 3.68. The normalized spacial score (nSPS) is 12.4. The van der Waals surface area contributed by atoms with Crippen LogP contribution in [0, 0.1) is 0 Å². The third-order valence-corrected chi connectivity index (χ3v) is 2.89. The van der Waals surface area contributed by atoms with Crippen LogP contribution in [0.3, 0.4) is 0 Å². The lowest BCUT2D eigenvalue weighted by Gasteiger charge is -2.14. The molecule has 0 radical (unpaired) electrons. The van der Waals surface area contributed by atoms with Crippen LogP contribution in [0.4, 0.5) is 5.69 Å². The zero-order chi connectivity index (χ0) is 11.4. The quantitative estimate of drug-likeness (QED) is 0.932. The van der Waals surface area contributed by atoms with Crippen LogP contribution in [0.1, 0.15) is 12.7 Å². The summed E-state index contributed by atoms with van der Waals surface area (Å²) in [6.07, 6.45) is 6.11. The number of hydrogen-bond acceptors (Lipinski definition) is 3. The lowest BCUT2D eigenvalue weighted by atomic mass is 10.2. The number of rotatable bonds is 4. The van der Waals surface area contributed by atoms with Gasteiger partial charge in [0.05, 0.1) is 16.4 Å². The Balaban J connectivity index is 1.97. The van der Waals surface area contributed by atoms with E-state index in [1.54, 1.807) is 18.7 Å². The summed E-state index contributed by atoms with van der Waals surface area (Å²) in [7, 11) is 0. The van der Waals surface area contributed by atoms with E-state index in [0.29, 0.717) is 6.04 Å². The molecule has 2 rings (SSSR count). The highest BCUT2D eigenvalue weighted by Crippen LogP contribution is 2.21. The van der Waals surface area contributed by atoms with Crippen molar-refractivity contribution >= 4 is 21.6 Å². The minimum absolute atomic E-state index is 0.310. The average molecular weight is 281 g/mol. The first-order valence-electron chi connectivity index (χ1n) is 5.14. The van der Waals surface area contributed by atoms with Gasteiger partial charge in [0.25, 0.3) is 0 Å². The average Bonchev–Trinajstić information content (AvgIpc) is 2.74. The van der Waals surface area contributed by atoms with E-state index >= 15 is 0 Å². The second-order valence-corrected chi connectivity index (χ2v) is 4.54. The van der Waals surface area contributed by atoms with Gasteiger partial charge in [0.15, 0.2) is 0 Å². The van der Waals surface area contributed by atoms with E-state index in [4.69, 9.17) is 4.42 Å². The third-order valence-electron chi connectivity index (χ3n) is 2.26. The van der Waals surface area contributed by atoms with Gasteiger partial charge in [-0.2, -0.15) is 0 Å². The van der Waals surface area contributed by atoms with Crippen molar-refractivity contribution in [2.75, 3.05) is 5.32 Å². The summed E-state index contributed by atoms with van der Waals surface area (Å²) in [5.74, 6) is 0.991. The zero-order valence-electron chi connectivity index (χ0n) is 8.98. The van der Waals surface area contributed by atoms with Gasteiger partial charge in [-0.1, -0.05) is 0 Å². The summed E-state index contributed by atoms with van der Waals surface area (Å²) in [4.78, 5) is 4.02.